The molecule has 0 atom stereocenters. The summed E-state index contributed by atoms with van der Waals surface area (Å²) in [5, 5.41) is 6.63. The zero-order chi connectivity index (χ0) is 23.5. The number of ether oxygens (including phenoxy) is 1. The van der Waals surface area contributed by atoms with Crippen molar-refractivity contribution in [3.8, 4) is 0 Å². The Kier molecular flexibility index (Phi) is 9.94. The highest BCUT2D eigenvalue weighted by atomic mass is 16.5. The van der Waals surface area contributed by atoms with Crippen LogP contribution in [0.25, 0.3) is 6.08 Å². The number of nitrogens with one attached hydrogen (secondary N) is 2. The molecule has 0 spiro atoms. The minimum atomic E-state index is 0.111. The SMILES string of the molecule is CCC/C=C(/C=C(\NC)Nc1nc(C=CC(=O)CCC)cc(N2CCOCC2)n1)CC1CC1. The second-order valence-corrected chi connectivity index (χ2v) is 8.77. The first kappa shape index (κ1) is 25.0. The number of allylic oxidation sites excluding steroid dienone is 4. The van der Waals surface area contributed by atoms with Gasteiger partial charge < -0.3 is 20.3 Å². The van der Waals surface area contributed by atoms with Gasteiger partial charge in [-0.2, -0.15) is 4.98 Å². The molecule has 2 aliphatic rings. The Hall–Kier alpha value is -2.67. The van der Waals surface area contributed by atoms with E-state index >= 15 is 0 Å². The molecule has 3 rings (SSSR count). The van der Waals surface area contributed by atoms with Gasteiger partial charge in [-0.1, -0.05) is 26.3 Å². The molecule has 33 heavy (non-hydrogen) atoms. The van der Waals surface area contributed by atoms with E-state index in [1.165, 1.54) is 18.4 Å². The van der Waals surface area contributed by atoms with Gasteiger partial charge in [-0.3, -0.25) is 4.79 Å². The predicted octanol–water partition coefficient (Wildman–Crippen LogP) is 4.69. The fraction of sp³-hybridized carbons (Fsp3) is 0.577. The van der Waals surface area contributed by atoms with E-state index in [1.54, 1.807) is 12.2 Å². The molecule has 1 aromatic rings. The molecule has 0 radical (unpaired) electrons. The van der Waals surface area contributed by atoms with Crippen LogP contribution in [0.3, 0.4) is 0 Å². The topological polar surface area (TPSA) is 79.4 Å². The van der Waals surface area contributed by atoms with Crippen LogP contribution in [0.5, 0.6) is 0 Å². The number of carbonyl (C=O) groups excluding carboxylic acids is 1. The van der Waals surface area contributed by atoms with Gasteiger partial charge in [0.15, 0.2) is 5.78 Å². The number of anilines is 2. The van der Waals surface area contributed by atoms with E-state index < -0.39 is 0 Å². The van der Waals surface area contributed by atoms with Crippen molar-refractivity contribution in [3.05, 3.63) is 41.4 Å². The number of unbranched alkanes of at least 4 members (excludes halogenated alkanes) is 1. The molecule has 2 N–H and O–H groups in total. The monoisotopic (exact) mass is 453 g/mol. The van der Waals surface area contributed by atoms with Crippen LogP contribution in [0.4, 0.5) is 11.8 Å². The molecule has 0 unspecified atom stereocenters. The van der Waals surface area contributed by atoms with E-state index in [4.69, 9.17) is 9.72 Å². The van der Waals surface area contributed by atoms with Crippen LogP contribution in [-0.2, 0) is 9.53 Å². The van der Waals surface area contributed by atoms with Crippen LogP contribution in [0.2, 0.25) is 0 Å². The first-order chi connectivity index (χ1) is 16.1. The molecule has 7 heteroatoms. The minimum Gasteiger partial charge on any atom is -0.378 e. The maximum absolute atomic E-state index is 12.0. The highest BCUT2D eigenvalue weighted by Crippen LogP contribution is 2.35. The van der Waals surface area contributed by atoms with Crippen LogP contribution in [0.1, 0.15) is 64.5 Å². The van der Waals surface area contributed by atoms with E-state index in [0.717, 1.165) is 56.3 Å². The number of morpholine rings is 1. The Bertz CT molecular complexity index is 867. The van der Waals surface area contributed by atoms with Crippen molar-refractivity contribution in [3.63, 3.8) is 0 Å². The third-order valence-electron chi connectivity index (χ3n) is 5.77. The third-order valence-corrected chi connectivity index (χ3v) is 5.77. The lowest BCUT2D eigenvalue weighted by Gasteiger charge is -2.28. The number of hydrogen-bond donors (Lipinski definition) is 2. The average Bonchev–Trinajstić information content (AvgIpc) is 3.65. The van der Waals surface area contributed by atoms with Crippen molar-refractivity contribution in [1.82, 2.24) is 15.3 Å². The summed E-state index contributed by atoms with van der Waals surface area (Å²) < 4.78 is 5.50. The standard InChI is InChI=1S/C26H39N5O2/c1-4-6-8-21(17-20-9-10-20)18-24(27-3)29-26-28-22(11-12-23(32)7-5-2)19-25(30-26)31-13-15-33-16-14-31/h8,11-12,18-20,27H,4-7,9-10,13-17H2,1-3H3,(H,28,29,30)/b12-11?,21-8+,24-18+. The van der Waals surface area contributed by atoms with Crippen molar-refractivity contribution in [1.29, 1.82) is 0 Å². The fourth-order valence-electron chi connectivity index (χ4n) is 3.72. The van der Waals surface area contributed by atoms with Crippen LogP contribution in [0, 0.1) is 5.92 Å². The van der Waals surface area contributed by atoms with Crippen LogP contribution in [-0.4, -0.2) is 49.1 Å². The van der Waals surface area contributed by atoms with E-state index in [0.29, 0.717) is 31.3 Å². The van der Waals surface area contributed by atoms with Gasteiger partial charge in [0.2, 0.25) is 5.95 Å². The quantitative estimate of drug-likeness (QED) is 0.331. The summed E-state index contributed by atoms with van der Waals surface area (Å²) in [6.07, 6.45) is 15.3. The van der Waals surface area contributed by atoms with E-state index in [2.05, 4.69) is 39.6 Å². The number of rotatable bonds is 13. The van der Waals surface area contributed by atoms with Crippen molar-refractivity contribution < 1.29 is 9.53 Å². The molecule has 1 saturated carbocycles. The molecular weight excluding hydrogens is 414 g/mol. The van der Waals surface area contributed by atoms with E-state index in [1.807, 2.05) is 20.0 Å². The summed E-state index contributed by atoms with van der Waals surface area (Å²) in [5.74, 6) is 3.16. The smallest absolute Gasteiger partial charge is 0.230 e. The van der Waals surface area contributed by atoms with Crippen LogP contribution in [0.15, 0.2) is 35.7 Å². The average molecular weight is 454 g/mol. The van der Waals surface area contributed by atoms with Gasteiger partial charge >= 0.3 is 0 Å². The molecule has 1 aliphatic heterocycles. The van der Waals surface area contributed by atoms with Gasteiger partial charge in [-0.15, -0.1) is 0 Å². The fourth-order valence-corrected chi connectivity index (χ4v) is 3.72. The van der Waals surface area contributed by atoms with E-state index in [9.17, 15) is 4.79 Å². The molecule has 2 heterocycles. The lowest BCUT2D eigenvalue weighted by atomic mass is 10.1. The van der Waals surface area contributed by atoms with Crippen molar-refractivity contribution in [2.75, 3.05) is 43.6 Å². The maximum atomic E-state index is 12.0. The Labute approximate surface area is 198 Å². The number of hydrogen-bond acceptors (Lipinski definition) is 7. The second kappa shape index (κ2) is 13.1. The van der Waals surface area contributed by atoms with Crippen LogP contribution < -0.4 is 15.5 Å². The first-order valence-electron chi connectivity index (χ1n) is 12.4. The number of aromatic nitrogens is 2. The Balaban J connectivity index is 1.84. The van der Waals surface area contributed by atoms with Gasteiger partial charge in [0.05, 0.1) is 18.9 Å². The van der Waals surface area contributed by atoms with Crippen molar-refractivity contribution >= 4 is 23.6 Å². The summed E-state index contributed by atoms with van der Waals surface area (Å²) in [4.78, 5) is 23.7. The summed E-state index contributed by atoms with van der Waals surface area (Å²) in [6.45, 7) is 7.15. The zero-order valence-electron chi connectivity index (χ0n) is 20.4. The summed E-state index contributed by atoms with van der Waals surface area (Å²) in [5.41, 5.74) is 2.07. The Morgan fingerprint density at radius 2 is 2.00 bits per heavy atom. The molecule has 0 amide bonds. The molecule has 0 aromatic carbocycles. The largest absolute Gasteiger partial charge is 0.378 e. The molecule has 7 nitrogen and oxygen atoms in total. The molecule has 2 fully saturated rings. The Morgan fingerprint density at radius 1 is 1.21 bits per heavy atom. The lowest BCUT2D eigenvalue weighted by molar-refractivity contribution is -0.114. The number of carbonyl (C=O) groups is 1. The maximum Gasteiger partial charge on any atom is 0.230 e. The molecule has 1 aromatic heterocycles. The van der Waals surface area contributed by atoms with Gasteiger partial charge in [0.1, 0.15) is 11.6 Å². The zero-order valence-corrected chi connectivity index (χ0v) is 20.4. The molecule has 0 bridgehead atoms. The van der Waals surface area contributed by atoms with Crippen molar-refractivity contribution in [2.45, 2.75) is 58.8 Å². The molecule has 1 saturated heterocycles. The van der Waals surface area contributed by atoms with Gasteiger partial charge in [-0.05, 0) is 61.8 Å². The molecular formula is C26H39N5O2. The molecule has 1 aliphatic carbocycles. The van der Waals surface area contributed by atoms with E-state index in [-0.39, 0.29) is 5.78 Å². The summed E-state index contributed by atoms with van der Waals surface area (Å²) in [6, 6.07) is 1.94. The number of nitrogens with zero attached hydrogens (tertiary/aromatic N) is 3. The first-order valence-corrected chi connectivity index (χ1v) is 12.4. The second-order valence-electron chi connectivity index (χ2n) is 8.77. The normalized spacial score (nSPS) is 17.5. The molecule has 180 valence electrons. The third kappa shape index (κ3) is 8.65. The highest BCUT2D eigenvalue weighted by Gasteiger charge is 2.22. The summed E-state index contributed by atoms with van der Waals surface area (Å²) >= 11 is 0. The number of ketones is 1. The van der Waals surface area contributed by atoms with Gasteiger partial charge in [0, 0.05) is 32.6 Å². The van der Waals surface area contributed by atoms with Crippen molar-refractivity contribution in [2.24, 2.45) is 5.92 Å². The predicted molar refractivity (Wildman–Crippen MR) is 135 cm³/mol. The minimum absolute atomic E-state index is 0.111. The summed E-state index contributed by atoms with van der Waals surface area (Å²) in [7, 11) is 1.91. The van der Waals surface area contributed by atoms with Gasteiger partial charge in [0.25, 0.3) is 0 Å². The van der Waals surface area contributed by atoms with Gasteiger partial charge in [-0.25, -0.2) is 4.98 Å². The highest BCUT2D eigenvalue weighted by molar-refractivity contribution is 5.93. The lowest BCUT2D eigenvalue weighted by Crippen LogP contribution is -2.37. The van der Waals surface area contributed by atoms with Crippen LogP contribution >= 0.6 is 0 Å². The Morgan fingerprint density at radius 3 is 2.67 bits per heavy atom.